The minimum atomic E-state index is -0.598. The van der Waals surface area contributed by atoms with Gasteiger partial charge in [0, 0.05) is 0 Å². The first kappa shape index (κ1) is 14.3. The highest BCUT2D eigenvalue weighted by Crippen LogP contribution is 2.40. The van der Waals surface area contributed by atoms with Crippen molar-refractivity contribution in [3.8, 4) is 0 Å². The van der Waals surface area contributed by atoms with E-state index in [1.54, 1.807) is 0 Å². The SMILES string of the molecule is C=C(C)CCC1CC(C(C)C)CCC1C(=O)O. The third-order valence-corrected chi connectivity index (χ3v) is 4.22. The van der Waals surface area contributed by atoms with E-state index in [9.17, 15) is 9.90 Å². The van der Waals surface area contributed by atoms with Crippen LogP contribution in [-0.2, 0) is 4.79 Å². The standard InChI is InChI=1S/C15H26O2/c1-10(2)5-6-13-9-12(11(3)4)7-8-14(13)15(16)17/h11-14H,1,5-9H2,2-4H3,(H,16,17). The van der Waals surface area contributed by atoms with Gasteiger partial charge in [0.05, 0.1) is 5.92 Å². The zero-order chi connectivity index (χ0) is 13.0. The monoisotopic (exact) mass is 238 g/mol. The van der Waals surface area contributed by atoms with Crippen LogP contribution in [0.2, 0.25) is 0 Å². The maximum absolute atomic E-state index is 11.3. The van der Waals surface area contributed by atoms with Crippen molar-refractivity contribution in [2.75, 3.05) is 0 Å². The molecule has 0 radical (unpaired) electrons. The third kappa shape index (κ3) is 4.18. The summed E-state index contributed by atoms with van der Waals surface area (Å²) in [7, 11) is 0. The fraction of sp³-hybridized carbons (Fsp3) is 0.800. The maximum Gasteiger partial charge on any atom is 0.306 e. The molecule has 1 aliphatic rings. The summed E-state index contributed by atoms with van der Waals surface area (Å²) in [6, 6.07) is 0. The molecule has 3 unspecified atom stereocenters. The molecule has 98 valence electrons. The fourth-order valence-corrected chi connectivity index (χ4v) is 2.98. The maximum atomic E-state index is 11.3. The molecule has 0 aromatic rings. The van der Waals surface area contributed by atoms with Crippen LogP contribution >= 0.6 is 0 Å². The van der Waals surface area contributed by atoms with E-state index in [0.717, 1.165) is 32.1 Å². The Labute approximate surface area is 105 Å². The summed E-state index contributed by atoms with van der Waals surface area (Å²) in [5, 5.41) is 9.28. The van der Waals surface area contributed by atoms with Gasteiger partial charge in [0.2, 0.25) is 0 Å². The average molecular weight is 238 g/mol. The molecule has 0 heterocycles. The topological polar surface area (TPSA) is 37.3 Å². The molecular formula is C15H26O2. The second kappa shape index (κ2) is 6.23. The number of carbonyl (C=O) groups is 1. The number of hydrogen-bond donors (Lipinski definition) is 1. The summed E-state index contributed by atoms with van der Waals surface area (Å²) in [4.78, 5) is 11.3. The second-order valence-corrected chi connectivity index (χ2v) is 6.02. The zero-order valence-electron chi connectivity index (χ0n) is 11.4. The molecule has 1 rings (SSSR count). The lowest BCUT2D eigenvalue weighted by Gasteiger charge is -2.36. The molecule has 2 heteroatoms. The van der Waals surface area contributed by atoms with Gasteiger partial charge in [-0.1, -0.05) is 19.4 Å². The van der Waals surface area contributed by atoms with Gasteiger partial charge in [-0.2, -0.15) is 0 Å². The normalized spacial score (nSPS) is 29.3. The fourth-order valence-electron chi connectivity index (χ4n) is 2.98. The van der Waals surface area contributed by atoms with Crippen molar-refractivity contribution in [2.45, 2.75) is 52.9 Å². The van der Waals surface area contributed by atoms with Crippen molar-refractivity contribution in [3.63, 3.8) is 0 Å². The summed E-state index contributed by atoms with van der Waals surface area (Å²) < 4.78 is 0. The molecule has 17 heavy (non-hydrogen) atoms. The van der Waals surface area contributed by atoms with Gasteiger partial charge in [0.25, 0.3) is 0 Å². The van der Waals surface area contributed by atoms with Crippen LogP contribution in [0.4, 0.5) is 0 Å². The lowest BCUT2D eigenvalue weighted by Crippen LogP contribution is -2.32. The number of aliphatic carboxylic acids is 1. The average Bonchev–Trinajstić information content (AvgIpc) is 2.25. The van der Waals surface area contributed by atoms with E-state index in [1.165, 1.54) is 5.57 Å². The molecule has 0 aromatic carbocycles. The summed E-state index contributed by atoms with van der Waals surface area (Å²) in [5.74, 6) is 1.02. The Kier molecular flexibility index (Phi) is 5.23. The minimum Gasteiger partial charge on any atom is -0.481 e. The van der Waals surface area contributed by atoms with Gasteiger partial charge in [0.1, 0.15) is 0 Å². The molecule has 1 fully saturated rings. The number of carboxylic acids is 1. The molecule has 3 atom stereocenters. The van der Waals surface area contributed by atoms with Crippen molar-refractivity contribution < 1.29 is 9.90 Å². The summed E-state index contributed by atoms with van der Waals surface area (Å²) in [6.45, 7) is 10.4. The number of rotatable bonds is 5. The molecule has 0 bridgehead atoms. The Hall–Kier alpha value is -0.790. The number of allylic oxidation sites excluding steroid dienone is 1. The molecule has 0 aliphatic heterocycles. The van der Waals surface area contributed by atoms with Gasteiger partial charge in [-0.05, 0) is 56.8 Å². The Morgan fingerprint density at radius 1 is 1.41 bits per heavy atom. The van der Waals surface area contributed by atoms with Crippen LogP contribution < -0.4 is 0 Å². The van der Waals surface area contributed by atoms with E-state index in [-0.39, 0.29) is 5.92 Å². The molecule has 0 amide bonds. The predicted octanol–water partition coefficient (Wildman–Crippen LogP) is 4.12. The Bertz CT molecular complexity index is 281. The molecule has 0 spiro atoms. The molecular weight excluding hydrogens is 212 g/mol. The van der Waals surface area contributed by atoms with Crippen LogP contribution in [0.5, 0.6) is 0 Å². The lowest BCUT2D eigenvalue weighted by atomic mass is 9.69. The first-order valence-corrected chi connectivity index (χ1v) is 6.79. The van der Waals surface area contributed by atoms with Gasteiger partial charge in [-0.25, -0.2) is 0 Å². The van der Waals surface area contributed by atoms with Crippen LogP contribution in [0, 0.1) is 23.7 Å². The first-order valence-electron chi connectivity index (χ1n) is 6.79. The van der Waals surface area contributed by atoms with Crippen LogP contribution in [0.3, 0.4) is 0 Å². The van der Waals surface area contributed by atoms with Crippen molar-refractivity contribution >= 4 is 5.97 Å². The van der Waals surface area contributed by atoms with Crippen molar-refractivity contribution in [1.82, 2.24) is 0 Å². The Balaban J connectivity index is 2.62. The van der Waals surface area contributed by atoms with Gasteiger partial charge in [-0.3, -0.25) is 4.79 Å². The smallest absolute Gasteiger partial charge is 0.306 e. The van der Waals surface area contributed by atoms with Crippen LogP contribution in [0.1, 0.15) is 52.9 Å². The highest BCUT2D eigenvalue weighted by atomic mass is 16.4. The summed E-state index contributed by atoms with van der Waals surface area (Å²) in [5.41, 5.74) is 1.17. The van der Waals surface area contributed by atoms with Crippen LogP contribution in [0.15, 0.2) is 12.2 Å². The lowest BCUT2D eigenvalue weighted by molar-refractivity contribution is -0.145. The molecule has 2 nitrogen and oxygen atoms in total. The zero-order valence-corrected chi connectivity index (χ0v) is 11.4. The van der Waals surface area contributed by atoms with Gasteiger partial charge in [-0.15, -0.1) is 6.58 Å². The van der Waals surface area contributed by atoms with E-state index in [1.807, 2.05) is 6.92 Å². The van der Waals surface area contributed by atoms with E-state index in [0.29, 0.717) is 17.8 Å². The van der Waals surface area contributed by atoms with E-state index < -0.39 is 5.97 Å². The highest BCUT2D eigenvalue weighted by Gasteiger charge is 2.35. The number of carboxylic acid groups (broad SMARTS) is 1. The van der Waals surface area contributed by atoms with Gasteiger partial charge in [0.15, 0.2) is 0 Å². The van der Waals surface area contributed by atoms with Gasteiger partial charge >= 0.3 is 5.97 Å². The predicted molar refractivity (Wildman–Crippen MR) is 70.8 cm³/mol. The first-order chi connectivity index (χ1) is 7.91. The summed E-state index contributed by atoms with van der Waals surface area (Å²) >= 11 is 0. The van der Waals surface area contributed by atoms with Crippen molar-refractivity contribution in [2.24, 2.45) is 23.7 Å². The van der Waals surface area contributed by atoms with E-state index in [4.69, 9.17) is 0 Å². The minimum absolute atomic E-state index is 0.121. The second-order valence-electron chi connectivity index (χ2n) is 6.02. The van der Waals surface area contributed by atoms with E-state index in [2.05, 4.69) is 20.4 Å². The number of hydrogen-bond acceptors (Lipinski definition) is 1. The Morgan fingerprint density at radius 2 is 2.06 bits per heavy atom. The van der Waals surface area contributed by atoms with Gasteiger partial charge < -0.3 is 5.11 Å². The molecule has 1 saturated carbocycles. The largest absolute Gasteiger partial charge is 0.481 e. The van der Waals surface area contributed by atoms with Crippen molar-refractivity contribution in [3.05, 3.63) is 12.2 Å². The van der Waals surface area contributed by atoms with E-state index >= 15 is 0 Å². The molecule has 1 N–H and O–H groups in total. The van der Waals surface area contributed by atoms with Crippen LogP contribution in [-0.4, -0.2) is 11.1 Å². The molecule has 0 aromatic heterocycles. The summed E-state index contributed by atoms with van der Waals surface area (Å²) in [6.07, 6.45) is 4.99. The highest BCUT2D eigenvalue weighted by molar-refractivity contribution is 5.70. The third-order valence-electron chi connectivity index (χ3n) is 4.22. The quantitative estimate of drug-likeness (QED) is 0.732. The Morgan fingerprint density at radius 3 is 2.53 bits per heavy atom. The molecule has 0 saturated heterocycles. The van der Waals surface area contributed by atoms with Crippen molar-refractivity contribution in [1.29, 1.82) is 0 Å². The molecule has 1 aliphatic carbocycles. The van der Waals surface area contributed by atoms with Crippen LogP contribution in [0.25, 0.3) is 0 Å².